The van der Waals surface area contributed by atoms with Gasteiger partial charge in [0.15, 0.2) is 33.3 Å². The number of nitrogens with zero attached hydrogens (tertiary/aromatic N) is 1. The minimum atomic E-state index is -2.42. The van der Waals surface area contributed by atoms with E-state index in [1.165, 1.54) is 40.6 Å². The van der Waals surface area contributed by atoms with Crippen molar-refractivity contribution in [1.29, 1.82) is 5.26 Å². The van der Waals surface area contributed by atoms with Crippen molar-refractivity contribution in [3.05, 3.63) is 84.9 Å². The topological polar surface area (TPSA) is 198 Å². The zero-order valence-electron chi connectivity index (χ0n) is 50.1. The lowest BCUT2D eigenvalue weighted by molar-refractivity contribution is 0.531. The molecule has 12 N–H and O–H groups in total. The molecule has 0 aromatic heterocycles. The van der Waals surface area contributed by atoms with E-state index >= 15 is 0 Å². The van der Waals surface area contributed by atoms with Crippen molar-refractivity contribution in [1.82, 2.24) is 0 Å². The maximum atomic E-state index is 10.0. The molecule has 72 heavy (non-hydrogen) atoms. The first-order chi connectivity index (χ1) is 33.0. The van der Waals surface area contributed by atoms with Crippen molar-refractivity contribution in [3.63, 3.8) is 0 Å². The molecule has 414 valence electrons. The third-order valence-corrected chi connectivity index (χ3v) is 39.8. The molecular weight excluding hydrogens is 1020 g/mol. The van der Waals surface area contributed by atoms with Crippen LogP contribution in [0.15, 0.2) is 84.9 Å². The molecule has 0 radical (unpaired) electrons. The Morgan fingerprint density at radius 2 is 0.667 bits per heavy atom. The van der Waals surface area contributed by atoms with E-state index in [1.807, 2.05) is 36.4 Å². The first-order valence-electron chi connectivity index (χ1n) is 27.3. The van der Waals surface area contributed by atoms with E-state index in [0.29, 0.717) is 0 Å². The van der Waals surface area contributed by atoms with Crippen LogP contribution in [-0.2, 0) is 8.23 Å². The molecule has 0 aliphatic heterocycles. The number of nitriles is 1. The van der Waals surface area contributed by atoms with Crippen LogP contribution >= 0.6 is 0 Å². The van der Waals surface area contributed by atoms with Gasteiger partial charge in [-0.2, -0.15) is 0 Å². The van der Waals surface area contributed by atoms with Crippen LogP contribution in [0.5, 0.6) is 0 Å². The summed E-state index contributed by atoms with van der Waals surface area (Å²) in [5.41, 5.74) is 36.0. The highest BCUT2D eigenvalue weighted by molar-refractivity contribution is 7.09. The minimum Gasteiger partial charge on any atom is -0.456 e. The smallest absolute Gasteiger partial charge is 0.239 e. The Morgan fingerprint density at radius 1 is 0.403 bits per heavy atom. The fourth-order valence-electron chi connectivity index (χ4n) is 8.77. The third kappa shape index (κ3) is 30.9. The number of hydrogen-bond acceptors (Lipinski definition) is 9. The Balaban J connectivity index is 0. The second kappa shape index (κ2) is 34.4. The van der Waals surface area contributed by atoms with Crippen LogP contribution in [0.3, 0.4) is 0 Å². The number of rotatable bonds is 24. The first kappa shape index (κ1) is 72.6. The van der Waals surface area contributed by atoms with Gasteiger partial charge in [0.25, 0.3) is 0 Å². The molecule has 0 unspecified atom stereocenters. The lowest BCUT2D eigenvalue weighted by atomic mass is 10.2. The van der Waals surface area contributed by atoms with Crippen molar-refractivity contribution < 1.29 is 8.23 Å². The zero-order chi connectivity index (χ0) is 56.1. The van der Waals surface area contributed by atoms with Crippen LogP contribution in [0.4, 0.5) is 0 Å². The molecule has 0 fully saturated rings. The molecule has 0 atom stereocenters. The monoisotopic (exact) mass is 1130 g/mol. The van der Waals surface area contributed by atoms with E-state index in [2.05, 4.69) is 180 Å². The largest absolute Gasteiger partial charge is 0.456 e. The van der Waals surface area contributed by atoms with Crippen molar-refractivity contribution in [2.75, 3.05) is 38.9 Å². The normalized spacial score (nSPS) is 12.7. The highest BCUT2D eigenvalue weighted by atomic mass is 28.4. The summed E-state index contributed by atoms with van der Waals surface area (Å²) in [4.78, 5) is 0. The predicted octanol–water partition coefficient (Wildman–Crippen LogP) is 10.7. The van der Waals surface area contributed by atoms with Crippen molar-refractivity contribution >= 4 is 86.3 Å². The maximum absolute atomic E-state index is 10.0. The number of benzene rings is 3. The Hall–Kier alpha value is -1.43. The standard InChI is InChI=1S/C17H19NSi.C16H32N2Si2.C10H28N2OSi2.C8H23NOSi2.C4H13NSi/c1-17(2,3)19(14-18,15-10-6-4-7-11-15)16-12-8-5-9-13-16;1-19(2,13-5-11-17)15-7-9-16(10-8-15)20(3,4)14-6-12-18;1-14(2,9-5-7-11)13-15(3,4)10-6-8-12;1-11(2,3)10-12(4,5)8-6-7-9;1-6(2,3)4-5/h4-13H,1-3H3;7-10H,5-6,11-14,17-18H2,1-4H3;5-12H2,1-4H3;6-9H2,1-5H3;4-5H2,1-3H3. The van der Waals surface area contributed by atoms with Crippen LogP contribution in [-0.4, -0.2) is 104 Å². The average molecular weight is 1130 g/mol. The molecule has 0 spiro atoms. The summed E-state index contributed by atoms with van der Waals surface area (Å²) in [5.74, 6) is 0. The van der Waals surface area contributed by atoms with E-state index in [4.69, 9.17) is 42.6 Å². The van der Waals surface area contributed by atoms with Gasteiger partial charge in [-0.15, -0.1) is 0 Å². The molecule has 0 aliphatic carbocycles. The van der Waals surface area contributed by atoms with Crippen molar-refractivity contribution in [3.8, 4) is 5.69 Å². The SMILES string of the molecule is CC(C)(C)[Si](C#N)(c1ccccc1)c1ccccc1.C[Si](C)(C)CN.C[Si](C)(C)O[Si](C)(C)CCCN.C[Si](C)(CCCN)O[Si](C)(C)CCCN.C[Si](C)(CCCN)c1ccc([Si](C)(C)CCCN)cc1. The molecule has 0 saturated carbocycles. The second-order valence-electron chi connectivity index (χ2n) is 26.0. The Bertz CT molecular complexity index is 1780. The summed E-state index contributed by atoms with van der Waals surface area (Å²) in [5, 5.41) is 15.5. The molecule has 3 aromatic rings. The van der Waals surface area contributed by atoms with E-state index in [0.717, 1.165) is 71.0 Å². The molecule has 3 aromatic carbocycles. The Morgan fingerprint density at radius 3 is 0.889 bits per heavy atom. The molecule has 3 rings (SSSR count). The summed E-state index contributed by atoms with van der Waals surface area (Å²) in [6.45, 7) is 47.7. The van der Waals surface area contributed by atoms with Gasteiger partial charge in [0.05, 0.1) is 24.2 Å². The Kier molecular flexibility index (Phi) is 34.7. The Labute approximate surface area is 453 Å². The lowest BCUT2D eigenvalue weighted by Gasteiger charge is -2.37. The van der Waals surface area contributed by atoms with E-state index in [-0.39, 0.29) is 5.04 Å². The third-order valence-electron chi connectivity index (χ3n) is 12.9. The van der Waals surface area contributed by atoms with Gasteiger partial charge < -0.3 is 42.6 Å². The van der Waals surface area contributed by atoms with Gasteiger partial charge in [-0.05, 0) is 163 Å². The van der Waals surface area contributed by atoms with Gasteiger partial charge in [-0.1, -0.05) is 174 Å². The summed E-state index contributed by atoms with van der Waals surface area (Å²) in [6, 6.07) is 36.2. The van der Waals surface area contributed by atoms with Gasteiger partial charge in [0.1, 0.15) is 0 Å². The van der Waals surface area contributed by atoms with Crippen molar-refractivity contribution in [2.24, 2.45) is 34.4 Å². The minimum absolute atomic E-state index is 0.0511. The number of nitrogens with two attached hydrogens (primary N) is 6. The molecule has 0 aliphatic rings. The maximum Gasteiger partial charge on any atom is 0.239 e. The fraction of sp³-hybridized carbons (Fsp3) is 0.655. The molecule has 0 bridgehead atoms. The van der Waals surface area contributed by atoms with Crippen molar-refractivity contribution in [2.45, 2.75) is 193 Å². The summed E-state index contributed by atoms with van der Waals surface area (Å²) < 4.78 is 12.5. The van der Waals surface area contributed by atoms with Crippen LogP contribution in [0.2, 0.25) is 140 Å². The van der Waals surface area contributed by atoms with Crippen LogP contribution in [0.25, 0.3) is 0 Å². The molecule has 9 nitrogen and oxygen atoms in total. The van der Waals surface area contributed by atoms with E-state index < -0.39 is 65.6 Å². The van der Waals surface area contributed by atoms with Gasteiger partial charge >= 0.3 is 0 Å². The number of hydrogen-bond donors (Lipinski definition) is 6. The van der Waals surface area contributed by atoms with Crippen LogP contribution < -0.4 is 55.1 Å². The first-order valence-corrected chi connectivity index (χ1v) is 52.1. The molecular formula is C55H115N7O2Si8. The second-order valence-corrected chi connectivity index (χ2v) is 63.5. The highest BCUT2D eigenvalue weighted by Crippen LogP contribution is 2.35. The molecule has 0 amide bonds. The van der Waals surface area contributed by atoms with Crippen LogP contribution in [0.1, 0.15) is 52.9 Å². The summed E-state index contributed by atoms with van der Waals surface area (Å²) in [7, 11) is -11.5. The molecule has 17 heteroatoms. The van der Waals surface area contributed by atoms with Gasteiger partial charge in [-0.25, -0.2) is 5.26 Å². The van der Waals surface area contributed by atoms with E-state index in [1.54, 1.807) is 10.4 Å². The van der Waals surface area contributed by atoms with E-state index in [9.17, 15) is 5.26 Å². The summed E-state index contributed by atoms with van der Waals surface area (Å²) >= 11 is 0. The highest BCUT2D eigenvalue weighted by Gasteiger charge is 2.49. The zero-order valence-corrected chi connectivity index (χ0v) is 58.1. The quantitative estimate of drug-likeness (QED) is 0.0473. The fourth-order valence-corrected chi connectivity index (χ4v) is 34.7. The summed E-state index contributed by atoms with van der Waals surface area (Å²) in [6.07, 6.45) is 6.52. The lowest BCUT2D eigenvalue weighted by Crippen LogP contribution is -2.63. The van der Waals surface area contributed by atoms with Crippen LogP contribution in [0, 0.1) is 11.0 Å². The van der Waals surface area contributed by atoms with Gasteiger partial charge in [-0.3, -0.25) is 0 Å². The molecule has 0 saturated heterocycles. The molecule has 0 heterocycles. The average Bonchev–Trinajstić information content (AvgIpc) is 3.28. The van der Waals surface area contributed by atoms with Gasteiger partial charge in [0.2, 0.25) is 8.07 Å². The van der Waals surface area contributed by atoms with Gasteiger partial charge in [0, 0.05) is 5.69 Å². The predicted molar refractivity (Wildman–Crippen MR) is 347 cm³/mol.